The maximum Gasteiger partial charge on any atom is 0.136 e. The maximum absolute atomic E-state index is 4.28. The molecule has 0 amide bonds. The van der Waals surface area contributed by atoms with Crippen LogP contribution in [0.4, 0.5) is 0 Å². The molecule has 2 aromatic rings. The lowest BCUT2D eigenvalue weighted by Crippen LogP contribution is -2.00. The Balaban J connectivity index is 2.19. The van der Waals surface area contributed by atoms with Crippen LogP contribution in [0.5, 0.6) is 0 Å². The Morgan fingerprint density at radius 2 is 1.71 bits per heavy atom. The van der Waals surface area contributed by atoms with Gasteiger partial charge >= 0.3 is 0 Å². The summed E-state index contributed by atoms with van der Waals surface area (Å²) in [7, 11) is 0. The van der Waals surface area contributed by atoms with Crippen LogP contribution >= 0.6 is 0 Å². The van der Waals surface area contributed by atoms with Gasteiger partial charge in [0.25, 0.3) is 0 Å². The highest BCUT2D eigenvalue weighted by molar-refractivity contribution is 5.04. The summed E-state index contributed by atoms with van der Waals surface area (Å²) in [5, 5.41) is 0. The largest absolute Gasteiger partial charge is 0.241 e. The van der Waals surface area contributed by atoms with Crippen LogP contribution in [0.1, 0.15) is 17.3 Å². The maximum atomic E-state index is 4.28. The minimum Gasteiger partial charge on any atom is -0.241 e. The van der Waals surface area contributed by atoms with E-state index in [0.717, 1.165) is 17.3 Å². The zero-order valence-electron chi connectivity index (χ0n) is 7.88. The molecule has 0 spiro atoms. The summed E-state index contributed by atoms with van der Waals surface area (Å²) >= 11 is 0. The molecular formula is C10H10N4. The first kappa shape index (κ1) is 8.74. The molecule has 2 rings (SSSR count). The molecule has 0 fully saturated rings. The molecule has 0 unspecified atom stereocenters. The van der Waals surface area contributed by atoms with E-state index >= 15 is 0 Å². The van der Waals surface area contributed by atoms with E-state index in [4.69, 9.17) is 0 Å². The molecule has 0 atom stereocenters. The number of hydrogen-bond acceptors (Lipinski definition) is 4. The van der Waals surface area contributed by atoms with Crippen molar-refractivity contribution < 1.29 is 0 Å². The Bertz CT molecular complexity index is 413. The van der Waals surface area contributed by atoms with Crippen molar-refractivity contribution in [2.24, 2.45) is 0 Å². The quantitative estimate of drug-likeness (QED) is 0.706. The zero-order valence-corrected chi connectivity index (χ0v) is 7.88. The van der Waals surface area contributed by atoms with Crippen LogP contribution in [0, 0.1) is 6.92 Å². The molecule has 0 aliphatic heterocycles. The Kier molecular flexibility index (Phi) is 2.44. The fraction of sp³-hybridized carbons (Fsp3) is 0.200. The van der Waals surface area contributed by atoms with Crippen LogP contribution in [0.2, 0.25) is 0 Å². The van der Waals surface area contributed by atoms with Crippen molar-refractivity contribution in [3.8, 4) is 0 Å². The van der Waals surface area contributed by atoms with E-state index < -0.39 is 0 Å². The Labute approximate surface area is 82.1 Å². The number of aryl methyl sites for hydroxylation is 1. The molecule has 0 aliphatic rings. The summed E-state index contributed by atoms with van der Waals surface area (Å²) in [4.78, 5) is 16.6. The van der Waals surface area contributed by atoms with Crippen LogP contribution in [0.3, 0.4) is 0 Å². The minimum absolute atomic E-state index is 0.586. The van der Waals surface area contributed by atoms with Crippen LogP contribution in [-0.2, 0) is 6.42 Å². The van der Waals surface area contributed by atoms with Gasteiger partial charge in [-0.1, -0.05) is 0 Å². The van der Waals surface area contributed by atoms with E-state index in [2.05, 4.69) is 19.9 Å². The first-order valence-corrected chi connectivity index (χ1v) is 4.39. The fourth-order valence-electron chi connectivity index (χ4n) is 1.15. The van der Waals surface area contributed by atoms with E-state index in [0.29, 0.717) is 6.42 Å². The molecule has 0 bridgehead atoms. The molecule has 0 N–H and O–H groups in total. The monoisotopic (exact) mass is 186 g/mol. The van der Waals surface area contributed by atoms with Crippen LogP contribution in [-0.4, -0.2) is 19.9 Å². The predicted octanol–water partition coefficient (Wildman–Crippen LogP) is 1.17. The summed E-state index contributed by atoms with van der Waals surface area (Å²) in [5.74, 6) is 1.51. The lowest BCUT2D eigenvalue weighted by atomic mass is 10.3. The summed E-state index contributed by atoms with van der Waals surface area (Å²) in [6.45, 7) is 1.94. The molecular weight excluding hydrogens is 176 g/mol. The number of aromatic nitrogens is 4. The van der Waals surface area contributed by atoms with Gasteiger partial charge in [0.05, 0.1) is 6.42 Å². The molecule has 4 nitrogen and oxygen atoms in total. The Morgan fingerprint density at radius 3 is 2.43 bits per heavy atom. The molecule has 70 valence electrons. The van der Waals surface area contributed by atoms with Gasteiger partial charge in [0.15, 0.2) is 0 Å². The Hall–Kier alpha value is -1.84. The molecule has 0 saturated carbocycles. The van der Waals surface area contributed by atoms with Crippen molar-refractivity contribution in [3.63, 3.8) is 0 Å². The van der Waals surface area contributed by atoms with Gasteiger partial charge in [-0.3, -0.25) is 0 Å². The molecule has 4 heteroatoms. The van der Waals surface area contributed by atoms with Crippen molar-refractivity contribution in [1.29, 1.82) is 0 Å². The number of nitrogens with zero attached hydrogens (tertiary/aromatic N) is 4. The first-order chi connectivity index (χ1) is 6.84. The second-order valence-electron chi connectivity index (χ2n) is 2.96. The zero-order chi connectivity index (χ0) is 9.80. The first-order valence-electron chi connectivity index (χ1n) is 4.39. The molecule has 2 heterocycles. The summed E-state index contributed by atoms with van der Waals surface area (Å²) in [6, 6.07) is 3.66. The highest BCUT2D eigenvalue weighted by Crippen LogP contribution is 1.99. The van der Waals surface area contributed by atoms with E-state index in [1.165, 1.54) is 0 Å². The smallest absolute Gasteiger partial charge is 0.136 e. The second kappa shape index (κ2) is 3.91. The van der Waals surface area contributed by atoms with Crippen LogP contribution in [0.25, 0.3) is 0 Å². The summed E-state index contributed by atoms with van der Waals surface area (Å²) < 4.78 is 0. The third-order valence-electron chi connectivity index (χ3n) is 1.78. The van der Waals surface area contributed by atoms with Gasteiger partial charge in [0, 0.05) is 24.3 Å². The van der Waals surface area contributed by atoms with E-state index in [9.17, 15) is 0 Å². The third-order valence-corrected chi connectivity index (χ3v) is 1.78. The minimum atomic E-state index is 0.586. The number of rotatable bonds is 2. The molecule has 0 aromatic carbocycles. The van der Waals surface area contributed by atoms with Gasteiger partial charge in [-0.2, -0.15) is 0 Å². The topological polar surface area (TPSA) is 51.6 Å². The van der Waals surface area contributed by atoms with Crippen molar-refractivity contribution in [2.75, 3.05) is 0 Å². The van der Waals surface area contributed by atoms with Gasteiger partial charge < -0.3 is 0 Å². The lowest BCUT2D eigenvalue weighted by Gasteiger charge is -1.98. The van der Waals surface area contributed by atoms with Crippen LogP contribution in [0.15, 0.2) is 30.7 Å². The lowest BCUT2D eigenvalue weighted by molar-refractivity contribution is 0.875. The molecule has 0 saturated heterocycles. The van der Waals surface area contributed by atoms with Gasteiger partial charge in [-0.15, -0.1) is 0 Å². The van der Waals surface area contributed by atoms with Crippen LogP contribution < -0.4 is 0 Å². The predicted molar refractivity (Wildman–Crippen MR) is 51.6 cm³/mol. The molecule has 2 aromatic heterocycles. The van der Waals surface area contributed by atoms with Gasteiger partial charge in [-0.25, -0.2) is 19.9 Å². The van der Waals surface area contributed by atoms with Crippen molar-refractivity contribution in [2.45, 2.75) is 13.3 Å². The fourth-order valence-corrected chi connectivity index (χ4v) is 1.15. The van der Waals surface area contributed by atoms with E-state index in [1.807, 2.05) is 13.0 Å². The highest BCUT2D eigenvalue weighted by Gasteiger charge is 2.00. The van der Waals surface area contributed by atoms with Crippen molar-refractivity contribution in [3.05, 3.63) is 48.1 Å². The van der Waals surface area contributed by atoms with Crippen molar-refractivity contribution >= 4 is 0 Å². The summed E-state index contributed by atoms with van der Waals surface area (Å²) in [6.07, 6.45) is 5.78. The molecule has 0 radical (unpaired) electrons. The summed E-state index contributed by atoms with van der Waals surface area (Å²) in [5.41, 5.74) is 0.964. The van der Waals surface area contributed by atoms with Gasteiger partial charge in [-0.05, 0) is 19.1 Å². The number of hydrogen-bond donors (Lipinski definition) is 0. The van der Waals surface area contributed by atoms with Gasteiger partial charge in [0.2, 0.25) is 0 Å². The van der Waals surface area contributed by atoms with Gasteiger partial charge in [0.1, 0.15) is 11.6 Å². The molecule has 0 aliphatic carbocycles. The highest BCUT2D eigenvalue weighted by atomic mass is 14.9. The standard InChI is InChI=1S/C10H10N4/c1-8-3-6-13-10(14-8)7-9-11-4-2-5-12-9/h2-6H,7H2,1H3. The Morgan fingerprint density at radius 1 is 1.00 bits per heavy atom. The normalized spacial score (nSPS) is 10.1. The SMILES string of the molecule is Cc1ccnc(Cc2ncccn2)n1. The van der Waals surface area contributed by atoms with E-state index in [1.54, 1.807) is 24.7 Å². The molecule has 14 heavy (non-hydrogen) atoms. The average molecular weight is 186 g/mol. The third kappa shape index (κ3) is 2.10. The second-order valence-corrected chi connectivity index (χ2v) is 2.96. The van der Waals surface area contributed by atoms with Crippen molar-refractivity contribution in [1.82, 2.24) is 19.9 Å². The van der Waals surface area contributed by atoms with E-state index in [-0.39, 0.29) is 0 Å². The average Bonchev–Trinajstić information content (AvgIpc) is 2.19.